The molecule has 3 rings (SSSR count). The van der Waals surface area contributed by atoms with Crippen molar-refractivity contribution in [1.29, 1.82) is 0 Å². The molecule has 0 saturated carbocycles. The van der Waals surface area contributed by atoms with Crippen LogP contribution in [0.25, 0.3) is 0 Å². The molecule has 0 fully saturated rings. The number of halogens is 2. The van der Waals surface area contributed by atoms with Crippen LogP contribution >= 0.6 is 11.6 Å². The van der Waals surface area contributed by atoms with E-state index >= 15 is 0 Å². The lowest BCUT2D eigenvalue weighted by Gasteiger charge is -2.19. The van der Waals surface area contributed by atoms with Crippen LogP contribution in [0.5, 0.6) is 0 Å². The molecule has 1 aliphatic rings. The van der Waals surface area contributed by atoms with E-state index in [4.69, 9.17) is 16.3 Å². The van der Waals surface area contributed by atoms with Gasteiger partial charge in [-0.1, -0.05) is 17.7 Å². The maximum atomic E-state index is 13.7. The summed E-state index contributed by atoms with van der Waals surface area (Å²) < 4.78 is 18.8. The minimum atomic E-state index is -1.01. The fourth-order valence-electron chi connectivity index (χ4n) is 2.37. The maximum absolute atomic E-state index is 13.7. The highest BCUT2D eigenvalue weighted by atomic mass is 35.5. The number of anilines is 1. The van der Waals surface area contributed by atoms with Crippen LogP contribution in [-0.4, -0.2) is 24.7 Å². The van der Waals surface area contributed by atoms with Crippen LogP contribution in [0, 0.1) is 5.82 Å². The molecule has 22 heavy (non-hydrogen) atoms. The van der Waals surface area contributed by atoms with Crippen LogP contribution in [0.4, 0.5) is 10.1 Å². The Bertz CT molecular complexity index is 741. The number of hydrogen-bond acceptors (Lipinski definition) is 3. The third-order valence-electron chi connectivity index (χ3n) is 3.49. The van der Waals surface area contributed by atoms with E-state index in [0.29, 0.717) is 24.2 Å². The van der Waals surface area contributed by atoms with Gasteiger partial charge >= 0.3 is 7.12 Å². The molecule has 0 aromatic heterocycles. The average Bonchev–Trinajstić information content (AvgIpc) is 2.50. The molecule has 0 unspecified atom stereocenters. The Labute approximate surface area is 132 Å². The zero-order valence-electron chi connectivity index (χ0n) is 11.5. The van der Waals surface area contributed by atoms with E-state index in [1.165, 1.54) is 12.1 Å². The molecule has 2 aromatic carbocycles. The molecule has 1 aliphatic heterocycles. The maximum Gasteiger partial charge on any atom is 0.491 e. The van der Waals surface area contributed by atoms with Crippen molar-refractivity contribution < 1.29 is 18.9 Å². The van der Waals surface area contributed by atoms with Crippen LogP contribution < -0.4 is 10.8 Å². The van der Waals surface area contributed by atoms with Crippen molar-refractivity contribution in [3.8, 4) is 0 Å². The van der Waals surface area contributed by atoms with Crippen molar-refractivity contribution in [1.82, 2.24) is 0 Å². The summed E-state index contributed by atoms with van der Waals surface area (Å²) in [4.78, 5) is 12.1. The summed E-state index contributed by atoms with van der Waals surface area (Å²) in [5, 5.41) is 12.7. The molecule has 1 amide bonds. The van der Waals surface area contributed by atoms with Gasteiger partial charge in [0.1, 0.15) is 5.82 Å². The minimum Gasteiger partial charge on any atom is -0.423 e. The van der Waals surface area contributed by atoms with Gasteiger partial charge in [-0.3, -0.25) is 4.79 Å². The van der Waals surface area contributed by atoms with Crippen molar-refractivity contribution in [3.05, 3.63) is 58.4 Å². The van der Waals surface area contributed by atoms with Gasteiger partial charge in [-0.25, -0.2) is 4.39 Å². The number of fused-ring (bicyclic) bond motifs is 1. The molecule has 0 bridgehead atoms. The van der Waals surface area contributed by atoms with Gasteiger partial charge in [0.15, 0.2) is 0 Å². The first-order valence-electron chi connectivity index (χ1n) is 6.73. The Hall–Kier alpha value is -1.89. The van der Waals surface area contributed by atoms with E-state index in [2.05, 4.69) is 5.32 Å². The molecule has 2 N–H and O–H groups in total. The molecule has 0 saturated heterocycles. The van der Waals surface area contributed by atoms with Gasteiger partial charge in [0.25, 0.3) is 5.91 Å². The lowest BCUT2D eigenvalue weighted by Crippen LogP contribution is -2.41. The minimum absolute atomic E-state index is 0.137. The second kappa shape index (κ2) is 6.08. The monoisotopic (exact) mass is 319 g/mol. The Balaban J connectivity index is 1.85. The largest absolute Gasteiger partial charge is 0.491 e. The standard InChI is InChI=1S/C15H12BClFNO3/c17-10-2-4-14(18)12(7-10)15(20)19-11-3-1-9-5-6-22-16(21)13(9)8-11/h1-4,7-8,21H,5-6H2,(H,19,20). The third-order valence-corrected chi connectivity index (χ3v) is 3.73. The summed E-state index contributed by atoms with van der Waals surface area (Å²) >= 11 is 5.78. The predicted octanol–water partition coefficient (Wildman–Crippen LogP) is 1.99. The van der Waals surface area contributed by atoms with Gasteiger partial charge in [0.2, 0.25) is 0 Å². The van der Waals surface area contributed by atoms with Crippen molar-refractivity contribution in [3.63, 3.8) is 0 Å². The van der Waals surface area contributed by atoms with E-state index in [0.717, 1.165) is 11.6 Å². The predicted molar refractivity (Wildman–Crippen MR) is 83.1 cm³/mol. The second-order valence-corrected chi connectivity index (χ2v) is 5.40. The Morgan fingerprint density at radius 2 is 2.14 bits per heavy atom. The van der Waals surface area contributed by atoms with Crippen LogP contribution in [0.1, 0.15) is 15.9 Å². The molecule has 0 radical (unpaired) electrons. The SMILES string of the molecule is O=C(Nc1ccc2c(c1)B(O)OCC2)c1cc(Cl)ccc1F. The Morgan fingerprint density at radius 1 is 1.32 bits per heavy atom. The molecule has 4 nitrogen and oxygen atoms in total. The molecule has 7 heteroatoms. The summed E-state index contributed by atoms with van der Waals surface area (Å²) in [6.07, 6.45) is 0.698. The summed E-state index contributed by atoms with van der Waals surface area (Å²) in [6, 6.07) is 8.92. The normalized spacial score (nSPS) is 13.7. The van der Waals surface area contributed by atoms with Gasteiger partial charge in [-0.2, -0.15) is 0 Å². The highest BCUT2D eigenvalue weighted by Crippen LogP contribution is 2.18. The van der Waals surface area contributed by atoms with Gasteiger partial charge < -0.3 is 15.0 Å². The first-order valence-corrected chi connectivity index (χ1v) is 7.11. The molecule has 112 valence electrons. The van der Waals surface area contributed by atoms with Crippen molar-refractivity contribution in [2.75, 3.05) is 11.9 Å². The quantitative estimate of drug-likeness (QED) is 0.832. The number of benzene rings is 2. The molecule has 1 heterocycles. The average molecular weight is 320 g/mol. The summed E-state index contributed by atoms with van der Waals surface area (Å²) in [7, 11) is -1.01. The van der Waals surface area contributed by atoms with E-state index in [1.54, 1.807) is 12.1 Å². The zero-order valence-corrected chi connectivity index (χ0v) is 12.2. The lowest BCUT2D eigenvalue weighted by molar-refractivity contribution is 0.102. The van der Waals surface area contributed by atoms with Gasteiger partial charge in [0.05, 0.1) is 5.56 Å². The van der Waals surface area contributed by atoms with Gasteiger partial charge in [-0.05, 0) is 47.8 Å². The third kappa shape index (κ3) is 2.99. The van der Waals surface area contributed by atoms with Crippen molar-refractivity contribution in [2.24, 2.45) is 0 Å². The molecular weight excluding hydrogens is 307 g/mol. The van der Waals surface area contributed by atoms with Gasteiger partial charge in [0, 0.05) is 17.3 Å². The number of nitrogens with one attached hydrogen (secondary N) is 1. The smallest absolute Gasteiger partial charge is 0.423 e. The fraction of sp³-hybridized carbons (Fsp3) is 0.133. The van der Waals surface area contributed by atoms with Crippen LogP contribution in [0.3, 0.4) is 0 Å². The summed E-state index contributed by atoms with van der Waals surface area (Å²) in [5.74, 6) is -1.26. The zero-order chi connectivity index (χ0) is 15.7. The van der Waals surface area contributed by atoms with Gasteiger partial charge in [-0.15, -0.1) is 0 Å². The molecule has 0 atom stereocenters. The number of hydrogen-bond donors (Lipinski definition) is 2. The Kier molecular flexibility index (Phi) is 4.15. The fourth-order valence-corrected chi connectivity index (χ4v) is 2.54. The number of amides is 1. The molecule has 0 spiro atoms. The number of rotatable bonds is 2. The summed E-state index contributed by atoms with van der Waals surface area (Å²) in [6.45, 7) is 0.452. The Morgan fingerprint density at radius 3 is 2.95 bits per heavy atom. The van der Waals surface area contributed by atoms with Crippen molar-refractivity contribution in [2.45, 2.75) is 6.42 Å². The van der Waals surface area contributed by atoms with Crippen LogP contribution in [0.2, 0.25) is 5.02 Å². The first kappa shape index (κ1) is 15.0. The number of carbonyl (C=O) groups excluding carboxylic acids is 1. The van der Waals surface area contributed by atoms with E-state index in [-0.39, 0.29) is 10.6 Å². The lowest BCUT2D eigenvalue weighted by atomic mass is 9.73. The summed E-state index contributed by atoms with van der Waals surface area (Å²) in [5.41, 5.74) is 1.89. The molecule has 0 aliphatic carbocycles. The first-order chi connectivity index (χ1) is 10.5. The molecular formula is C15H12BClFNO3. The topological polar surface area (TPSA) is 58.6 Å². The van der Waals surface area contributed by atoms with Crippen LogP contribution in [-0.2, 0) is 11.1 Å². The number of carbonyl (C=O) groups is 1. The van der Waals surface area contributed by atoms with E-state index < -0.39 is 18.8 Å². The molecule has 2 aromatic rings. The highest BCUT2D eigenvalue weighted by molar-refractivity contribution is 6.61. The second-order valence-electron chi connectivity index (χ2n) is 4.97. The van der Waals surface area contributed by atoms with E-state index in [1.807, 2.05) is 6.07 Å². The van der Waals surface area contributed by atoms with Crippen molar-refractivity contribution >= 4 is 35.8 Å². The highest BCUT2D eigenvalue weighted by Gasteiger charge is 2.25. The van der Waals surface area contributed by atoms with E-state index in [9.17, 15) is 14.2 Å². The van der Waals surface area contributed by atoms with Crippen LogP contribution in [0.15, 0.2) is 36.4 Å².